The Morgan fingerprint density at radius 2 is 2.32 bits per heavy atom. The first-order valence-electron chi connectivity index (χ1n) is 7.78. The topological polar surface area (TPSA) is 54.5 Å². The highest BCUT2D eigenvalue weighted by Crippen LogP contribution is 2.16. The van der Waals surface area contributed by atoms with E-state index in [2.05, 4.69) is 10.3 Å². The fourth-order valence-electron chi connectivity index (χ4n) is 2.65. The van der Waals surface area contributed by atoms with Crippen LogP contribution < -0.4 is 5.32 Å². The lowest BCUT2D eigenvalue weighted by atomic mass is 10.1. The minimum atomic E-state index is -0.146. The maximum Gasteiger partial charge on any atom is 0.222 e. The molecule has 2 aliphatic heterocycles. The molecule has 3 rings (SSSR count). The van der Waals surface area contributed by atoms with E-state index in [1.165, 1.54) is 0 Å². The molecular formula is C17H21N3O2. The number of carbonyl (C=O) groups excluding carboxylic acids is 1. The first kappa shape index (κ1) is 14.8. The lowest BCUT2D eigenvalue weighted by Gasteiger charge is -2.27. The average Bonchev–Trinajstić information content (AvgIpc) is 2.58. The third-order valence-corrected chi connectivity index (χ3v) is 3.89. The Kier molecular flexibility index (Phi) is 4.85. The van der Waals surface area contributed by atoms with Crippen molar-refractivity contribution in [2.75, 3.05) is 19.7 Å². The number of allylic oxidation sites excluding steroid dienone is 2. The number of amides is 1. The van der Waals surface area contributed by atoms with E-state index in [0.717, 1.165) is 30.7 Å². The van der Waals surface area contributed by atoms with Gasteiger partial charge < -0.3 is 15.0 Å². The predicted octanol–water partition coefficient (Wildman–Crippen LogP) is 1.94. The highest BCUT2D eigenvalue weighted by Gasteiger charge is 2.18. The number of carbonyl (C=O) groups is 1. The monoisotopic (exact) mass is 299 g/mol. The Hall–Kier alpha value is -2.14. The van der Waals surface area contributed by atoms with Crippen molar-refractivity contribution in [2.45, 2.75) is 25.5 Å². The summed E-state index contributed by atoms with van der Waals surface area (Å²) in [5.74, 6) is 0.249. The summed E-state index contributed by atoms with van der Waals surface area (Å²) in [4.78, 5) is 17.9. The number of nitrogens with zero attached hydrogens (tertiary/aromatic N) is 2. The van der Waals surface area contributed by atoms with Crippen LogP contribution in [0.3, 0.4) is 0 Å². The van der Waals surface area contributed by atoms with Crippen LogP contribution in [0.5, 0.6) is 0 Å². The van der Waals surface area contributed by atoms with Gasteiger partial charge in [0.1, 0.15) is 6.23 Å². The normalized spacial score (nSPS) is 21.5. The summed E-state index contributed by atoms with van der Waals surface area (Å²) < 4.78 is 5.76. The number of likely N-dealkylation sites (tertiary alicyclic amines) is 1. The number of rotatable bonds is 5. The van der Waals surface area contributed by atoms with Gasteiger partial charge in [0.05, 0.1) is 12.3 Å². The number of pyridine rings is 1. The maximum absolute atomic E-state index is 11.7. The van der Waals surface area contributed by atoms with Gasteiger partial charge >= 0.3 is 0 Å². The average molecular weight is 299 g/mol. The smallest absolute Gasteiger partial charge is 0.222 e. The number of nitrogens with one attached hydrogen (secondary N) is 1. The van der Waals surface area contributed by atoms with E-state index in [4.69, 9.17) is 4.74 Å². The molecule has 3 heterocycles. The molecule has 5 heteroatoms. The van der Waals surface area contributed by atoms with Gasteiger partial charge in [-0.25, -0.2) is 0 Å². The van der Waals surface area contributed by atoms with E-state index in [-0.39, 0.29) is 12.1 Å². The van der Waals surface area contributed by atoms with Crippen LogP contribution in [0.15, 0.2) is 42.7 Å². The van der Waals surface area contributed by atoms with Gasteiger partial charge in [0.15, 0.2) is 0 Å². The second kappa shape index (κ2) is 7.22. The van der Waals surface area contributed by atoms with Crippen LogP contribution in [0, 0.1) is 0 Å². The molecule has 1 saturated heterocycles. The third kappa shape index (κ3) is 3.74. The number of dihydropyridines is 1. The molecule has 0 aromatic carbocycles. The number of aromatic nitrogens is 1. The SMILES string of the molecule is O=C1CCCCN1CCOC1C=CC(c2ccccn2)=CN1. The van der Waals surface area contributed by atoms with Gasteiger partial charge in [0, 0.05) is 37.5 Å². The van der Waals surface area contributed by atoms with Crippen molar-refractivity contribution in [1.29, 1.82) is 0 Å². The first-order valence-corrected chi connectivity index (χ1v) is 7.78. The van der Waals surface area contributed by atoms with Crippen LogP contribution >= 0.6 is 0 Å². The molecular weight excluding hydrogens is 278 g/mol. The van der Waals surface area contributed by atoms with E-state index < -0.39 is 0 Å². The van der Waals surface area contributed by atoms with Gasteiger partial charge in [-0.3, -0.25) is 9.78 Å². The highest BCUT2D eigenvalue weighted by molar-refractivity contribution is 5.76. The first-order chi connectivity index (χ1) is 10.8. The number of hydrogen-bond acceptors (Lipinski definition) is 4. The molecule has 1 aromatic heterocycles. The van der Waals surface area contributed by atoms with Crippen molar-refractivity contribution in [1.82, 2.24) is 15.2 Å². The van der Waals surface area contributed by atoms with Crippen LogP contribution in [0.4, 0.5) is 0 Å². The summed E-state index contributed by atoms with van der Waals surface area (Å²) in [5, 5.41) is 3.20. The third-order valence-electron chi connectivity index (χ3n) is 3.89. The molecule has 1 fully saturated rings. The minimum absolute atomic E-state index is 0.146. The zero-order chi connectivity index (χ0) is 15.2. The second-order valence-corrected chi connectivity index (χ2v) is 5.47. The highest BCUT2D eigenvalue weighted by atomic mass is 16.5. The van der Waals surface area contributed by atoms with Gasteiger partial charge in [-0.15, -0.1) is 0 Å². The number of piperidine rings is 1. The van der Waals surface area contributed by atoms with Crippen LogP contribution in [0.1, 0.15) is 25.0 Å². The molecule has 1 amide bonds. The molecule has 1 unspecified atom stereocenters. The predicted molar refractivity (Wildman–Crippen MR) is 84.7 cm³/mol. The molecule has 0 spiro atoms. The Morgan fingerprint density at radius 1 is 1.36 bits per heavy atom. The standard InChI is InChI=1S/C17H21N3O2/c21-17-6-2-4-10-20(17)11-12-22-16-8-7-14(13-19-16)15-5-1-3-9-18-15/h1,3,5,7-9,13,16,19H,2,4,6,10-12H2. The van der Waals surface area contributed by atoms with Gasteiger partial charge in [-0.1, -0.05) is 12.1 Å². The van der Waals surface area contributed by atoms with E-state index in [1.807, 2.05) is 41.5 Å². The quantitative estimate of drug-likeness (QED) is 0.903. The molecule has 0 radical (unpaired) electrons. The van der Waals surface area contributed by atoms with Gasteiger partial charge in [0.25, 0.3) is 0 Å². The van der Waals surface area contributed by atoms with E-state index in [9.17, 15) is 4.79 Å². The van der Waals surface area contributed by atoms with Crippen LogP contribution in [0.2, 0.25) is 0 Å². The van der Waals surface area contributed by atoms with E-state index in [1.54, 1.807) is 6.20 Å². The minimum Gasteiger partial charge on any atom is -0.362 e. The number of ether oxygens (including phenoxy) is 1. The van der Waals surface area contributed by atoms with Crippen LogP contribution in [-0.2, 0) is 9.53 Å². The summed E-state index contributed by atoms with van der Waals surface area (Å²) >= 11 is 0. The van der Waals surface area contributed by atoms with Crippen molar-refractivity contribution in [3.05, 3.63) is 48.4 Å². The lowest BCUT2D eigenvalue weighted by Crippen LogP contribution is -2.39. The van der Waals surface area contributed by atoms with E-state index >= 15 is 0 Å². The Labute approximate surface area is 130 Å². The lowest BCUT2D eigenvalue weighted by molar-refractivity contribution is -0.134. The van der Waals surface area contributed by atoms with Gasteiger partial charge in [0.2, 0.25) is 5.91 Å². The number of hydrogen-bond donors (Lipinski definition) is 1. The second-order valence-electron chi connectivity index (χ2n) is 5.47. The Bertz CT molecular complexity index is 569. The zero-order valence-electron chi connectivity index (χ0n) is 12.6. The molecule has 116 valence electrons. The molecule has 22 heavy (non-hydrogen) atoms. The van der Waals surface area contributed by atoms with Crippen molar-refractivity contribution < 1.29 is 9.53 Å². The van der Waals surface area contributed by atoms with Gasteiger partial charge in [-0.05, 0) is 31.1 Å². The zero-order valence-corrected chi connectivity index (χ0v) is 12.6. The molecule has 2 aliphatic rings. The van der Waals surface area contributed by atoms with E-state index in [0.29, 0.717) is 19.6 Å². The Morgan fingerprint density at radius 3 is 3.05 bits per heavy atom. The molecule has 1 atom stereocenters. The van der Waals surface area contributed by atoms with Gasteiger partial charge in [-0.2, -0.15) is 0 Å². The maximum atomic E-state index is 11.7. The molecule has 5 nitrogen and oxygen atoms in total. The molecule has 0 aliphatic carbocycles. The summed E-state index contributed by atoms with van der Waals surface area (Å²) in [5.41, 5.74) is 1.97. The fraction of sp³-hybridized carbons (Fsp3) is 0.412. The summed E-state index contributed by atoms with van der Waals surface area (Å²) in [6.07, 6.45) is 10.3. The van der Waals surface area contributed by atoms with Crippen molar-refractivity contribution >= 4 is 11.5 Å². The van der Waals surface area contributed by atoms with Crippen LogP contribution in [0.25, 0.3) is 5.57 Å². The summed E-state index contributed by atoms with van der Waals surface area (Å²) in [7, 11) is 0. The summed E-state index contributed by atoms with van der Waals surface area (Å²) in [6.45, 7) is 2.07. The van der Waals surface area contributed by atoms with Crippen LogP contribution in [-0.4, -0.2) is 41.7 Å². The molecule has 1 N–H and O–H groups in total. The molecule has 0 bridgehead atoms. The summed E-state index contributed by atoms with van der Waals surface area (Å²) in [6, 6.07) is 5.84. The van der Waals surface area contributed by atoms with Crippen molar-refractivity contribution in [2.24, 2.45) is 0 Å². The fourth-order valence-corrected chi connectivity index (χ4v) is 2.65. The largest absolute Gasteiger partial charge is 0.362 e. The van der Waals surface area contributed by atoms with Crippen molar-refractivity contribution in [3.8, 4) is 0 Å². The molecule has 1 aromatic rings. The molecule has 0 saturated carbocycles. The Balaban J connectivity index is 1.43. The van der Waals surface area contributed by atoms with Crippen molar-refractivity contribution in [3.63, 3.8) is 0 Å².